The highest BCUT2D eigenvalue weighted by Crippen LogP contribution is 2.32. The number of likely N-dealkylation sites (N-methyl/N-ethyl adjacent to an activating group) is 2. The number of urea groups is 1. The van der Waals surface area contributed by atoms with Crippen molar-refractivity contribution in [1.29, 1.82) is 0 Å². The first-order chi connectivity index (χ1) is 58.2. The summed E-state index contributed by atoms with van der Waals surface area (Å²) in [5.74, 6) is -6.11. The number of aliphatic hydroxyl groups is 1. The van der Waals surface area contributed by atoms with Crippen LogP contribution in [-0.2, 0) is 110 Å². The fraction of sp³-hybridized carbons (Fsp3) is 0.716. The largest absolute Gasteiger partial charge is 0.445 e. The van der Waals surface area contributed by atoms with Crippen LogP contribution in [0.5, 0.6) is 0 Å². The fourth-order valence-corrected chi connectivity index (χ4v) is 14.8. The number of rotatable bonds is 66. The van der Waals surface area contributed by atoms with Crippen molar-refractivity contribution in [2.24, 2.45) is 52.9 Å². The summed E-state index contributed by atoms with van der Waals surface area (Å²) >= 11 is 0. The zero-order valence-electron chi connectivity index (χ0n) is 75.0. The second kappa shape index (κ2) is 58.8. The zero-order valence-corrected chi connectivity index (χ0v) is 75.0. The van der Waals surface area contributed by atoms with Crippen LogP contribution in [0, 0.1) is 41.4 Å². The molecule has 0 radical (unpaired) electrons. The molecule has 34 heteroatoms. The number of carbonyl (C=O) groups is 11. The number of aliphatic hydroxyl groups excluding tert-OH is 1. The number of ketones is 4. The summed E-state index contributed by atoms with van der Waals surface area (Å²) in [4.78, 5) is 152. The lowest BCUT2D eigenvalue weighted by Crippen LogP contribution is -2.55. The van der Waals surface area contributed by atoms with Gasteiger partial charge in [0.25, 0.3) is 0 Å². The Kier molecular flexibility index (Phi) is 51.1. The Morgan fingerprint density at radius 1 is 0.648 bits per heavy atom. The summed E-state index contributed by atoms with van der Waals surface area (Å²) in [5, 5.41) is 30.3. The smallest absolute Gasteiger partial charge is 0.410 e. The molecule has 13 atom stereocenters. The fourth-order valence-electron chi connectivity index (χ4n) is 14.8. The highest BCUT2D eigenvalue weighted by atomic mass is 16.6. The zero-order chi connectivity index (χ0) is 90.2. The van der Waals surface area contributed by atoms with E-state index in [0.29, 0.717) is 133 Å². The van der Waals surface area contributed by atoms with Crippen molar-refractivity contribution in [3.8, 4) is 0 Å². The molecule has 4 rings (SSSR count). The Balaban J connectivity index is 1.18. The highest BCUT2D eigenvalue weighted by Gasteiger charge is 2.44. The minimum Gasteiger partial charge on any atom is -0.445 e. The number of nitrogens with one attached hydrogen (secondary N) is 4. The van der Waals surface area contributed by atoms with Crippen molar-refractivity contribution >= 4 is 70.5 Å². The molecule has 0 spiro atoms. The SMILES string of the molecule is CC[C@H](C)[C@@H]([C@@H](CC(=O)N1CCC[C@H]1[C@H](OC)[C@@H](C)C(=O)N[C@H](C)[C@@H](O)c1ccccc1)OC)N(C)C(=O)[C@@H](CC(=O)[C@H](C(C)C)N(C)C(=O)OCc1ccc(NC(=O)[C@H](CCCNC(N)=O)CC(=O)[C@@H](NC(=O)COCCOCCOCc2cn(CCOCCOCCOCCOCCC(=O)CCCCC[C@@H](N)C(C)=O)nn2)C(C)C)cc1)C(C)C. The van der Waals surface area contributed by atoms with E-state index in [1.54, 1.807) is 106 Å². The van der Waals surface area contributed by atoms with Crippen LogP contribution in [0.1, 0.15) is 189 Å². The first-order valence-electron chi connectivity index (χ1n) is 43.3. The predicted molar refractivity (Wildman–Crippen MR) is 457 cm³/mol. The van der Waals surface area contributed by atoms with Gasteiger partial charge in [0.2, 0.25) is 29.5 Å². The van der Waals surface area contributed by atoms with Gasteiger partial charge in [0.05, 0.1) is 166 Å². The van der Waals surface area contributed by atoms with Crippen LogP contribution in [-0.4, -0.2) is 275 Å². The van der Waals surface area contributed by atoms with E-state index in [4.69, 9.17) is 58.8 Å². The van der Waals surface area contributed by atoms with Gasteiger partial charge in [-0.05, 0) is 99.3 Å². The van der Waals surface area contributed by atoms with Gasteiger partial charge in [0.1, 0.15) is 30.5 Å². The second-order valence-corrected chi connectivity index (χ2v) is 32.6. The Hall–Kier alpha value is -8.29. The monoisotopic (exact) mass is 1720 g/mol. The first kappa shape index (κ1) is 106. The molecule has 1 aromatic heterocycles. The molecule has 1 saturated heterocycles. The summed E-state index contributed by atoms with van der Waals surface area (Å²) in [6.07, 6.45) is 4.47. The lowest BCUT2D eigenvalue weighted by Gasteiger charge is -2.41. The number of amides is 8. The van der Waals surface area contributed by atoms with E-state index in [-0.39, 0.29) is 131 Å². The summed E-state index contributed by atoms with van der Waals surface area (Å²) < 4.78 is 58.6. The van der Waals surface area contributed by atoms with Crippen molar-refractivity contribution in [1.82, 2.24) is 45.6 Å². The molecular formula is C88H144N12O22. The van der Waals surface area contributed by atoms with Crippen LogP contribution < -0.4 is 32.7 Å². The second-order valence-electron chi connectivity index (χ2n) is 32.6. The van der Waals surface area contributed by atoms with E-state index in [9.17, 15) is 57.8 Å². The predicted octanol–water partition coefficient (Wildman–Crippen LogP) is 7.51. The topological polar surface area (TPSA) is 441 Å². The number of aromatic nitrogens is 3. The molecule has 0 saturated carbocycles. The van der Waals surface area contributed by atoms with Crippen molar-refractivity contribution in [2.75, 3.05) is 133 Å². The van der Waals surface area contributed by atoms with Crippen molar-refractivity contribution in [2.45, 2.75) is 240 Å². The van der Waals surface area contributed by atoms with Gasteiger partial charge in [-0.15, -0.1) is 5.10 Å². The van der Waals surface area contributed by atoms with E-state index in [0.717, 1.165) is 19.3 Å². The van der Waals surface area contributed by atoms with Crippen LogP contribution in [0.3, 0.4) is 0 Å². The molecule has 2 heterocycles. The maximum atomic E-state index is 14.9. The molecule has 1 fully saturated rings. The number of nitrogens with zero attached hydrogens (tertiary/aromatic N) is 6. The van der Waals surface area contributed by atoms with Gasteiger partial charge in [-0.3, -0.25) is 43.2 Å². The van der Waals surface area contributed by atoms with Gasteiger partial charge >= 0.3 is 12.1 Å². The number of hydrogen-bond acceptors (Lipinski definition) is 25. The molecule has 34 nitrogen and oxygen atoms in total. The maximum absolute atomic E-state index is 14.9. The van der Waals surface area contributed by atoms with E-state index >= 15 is 0 Å². The quantitative estimate of drug-likeness (QED) is 0.0269. The number of hydrogen-bond donors (Lipinski definition) is 7. The van der Waals surface area contributed by atoms with E-state index in [1.807, 2.05) is 45.9 Å². The number of carbonyl (C=O) groups excluding carboxylic acids is 11. The lowest BCUT2D eigenvalue weighted by molar-refractivity contribution is -0.149. The van der Waals surface area contributed by atoms with Gasteiger partial charge in [-0.2, -0.15) is 0 Å². The Bertz CT molecular complexity index is 3590. The number of methoxy groups -OCH3 is 2. The normalized spacial score (nSPS) is 15.9. The van der Waals surface area contributed by atoms with Gasteiger partial charge in [0.15, 0.2) is 11.6 Å². The van der Waals surface area contributed by atoms with Gasteiger partial charge in [-0.1, -0.05) is 129 Å². The molecule has 8 amide bonds. The van der Waals surface area contributed by atoms with Crippen LogP contribution >= 0.6 is 0 Å². The molecule has 688 valence electrons. The number of Topliss-reactive ketones (excluding diaryl/α,β-unsaturated/α-hetero) is 4. The minimum atomic E-state index is -0.982. The number of anilines is 1. The summed E-state index contributed by atoms with van der Waals surface area (Å²) in [6.45, 7) is 24.4. The molecule has 9 N–H and O–H groups in total. The Morgan fingerprint density at radius 3 is 1.86 bits per heavy atom. The van der Waals surface area contributed by atoms with Gasteiger partial charge in [0, 0.05) is 84.6 Å². The van der Waals surface area contributed by atoms with Crippen LogP contribution in [0.25, 0.3) is 0 Å². The average Bonchev–Trinajstić information content (AvgIpc) is 1.47. The molecule has 122 heavy (non-hydrogen) atoms. The maximum Gasteiger partial charge on any atom is 0.410 e. The van der Waals surface area contributed by atoms with Gasteiger partial charge < -0.3 is 99.9 Å². The van der Waals surface area contributed by atoms with E-state index in [1.165, 1.54) is 33.1 Å². The molecule has 1 aliphatic heterocycles. The third-order valence-electron chi connectivity index (χ3n) is 22.1. The van der Waals surface area contributed by atoms with Crippen LogP contribution in [0.4, 0.5) is 15.3 Å². The van der Waals surface area contributed by atoms with Crippen LogP contribution in [0.2, 0.25) is 0 Å². The molecule has 0 bridgehead atoms. The molecule has 1 aliphatic rings. The summed E-state index contributed by atoms with van der Waals surface area (Å²) in [7, 11) is 6.19. The summed E-state index contributed by atoms with van der Waals surface area (Å²) in [5.41, 5.74) is 13.3. The number of primary amides is 1. The van der Waals surface area contributed by atoms with E-state index < -0.39 is 108 Å². The number of likely N-dealkylation sites (tertiary alicyclic amines) is 1. The molecular weight excluding hydrogens is 1580 g/mol. The third-order valence-corrected chi connectivity index (χ3v) is 22.1. The van der Waals surface area contributed by atoms with Crippen molar-refractivity contribution < 1.29 is 105 Å². The number of benzene rings is 2. The Morgan fingerprint density at radius 2 is 1.27 bits per heavy atom. The standard InChI is InChI=1S/C88H144N12O22/c1-16-61(8)81(76(113-14)53-78(106)100-37-24-30-73(100)83(114-15)62(9)84(108)92-63(10)82(107)66-25-19-17-20-26-66)97(12)86(110)71(58(2)3)52-75(104)80(60(6)7)98(13)88(112)122-55-65-31-33-68(34-32-65)93-85(109)67(27-23-36-91-87(90)111)51-74(103)79(59(4)5)94-77(105)57-121-50-48-119-47-49-120-56-69-54-99(96-95-69)38-40-116-42-44-118-46-45-117-43-41-115-39-35-70(102)28-21-18-22-29-72(89)64(11)101/h17,19-20,25-26,31-34,54,58-63,67,71-73,76,79-83,107H,16,18,21-24,27-30,35-53,55-57,89H2,1-15H3,(H,92,108)(H,93,109)(H,94,105)(H3,90,91,111)/t61-,62+,63+,67+,71-,72+,73-,76+,79-,80-,81-,82+,83+/m0/s1. The first-order valence-corrected chi connectivity index (χ1v) is 43.3. The van der Waals surface area contributed by atoms with Crippen molar-refractivity contribution in [3.63, 3.8) is 0 Å². The molecule has 0 unspecified atom stereocenters. The Labute approximate surface area is 721 Å². The van der Waals surface area contributed by atoms with Gasteiger partial charge in [-0.25, -0.2) is 14.3 Å². The molecule has 3 aromatic rings. The van der Waals surface area contributed by atoms with Crippen LogP contribution in [0.15, 0.2) is 60.8 Å². The highest BCUT2D eigenvalue weighted by molar-refractivity contribution is 5.98. The minimum absolute atomic E-state index is 0.0128. The van der Waals surface area contributed by atoms with Crippen molar-refractivity contribution in [3.05, 3.63) is 77.6 Å². The number of ether oxygens (including phenoxy) is 10. The summed E-state index contributed by atoms with van der Waals surface area (Å²) in [6, 6.07) is 10.8. The molecule has 0 aliphatic carbocycles. The number of nitrogens with two attached hydrogens (primary N) is 2. The number of unbranched alkanes of at least 4 members (excludes halogenated alkanes) is 2. The molecule has 2 aromatic carbocycles. The lowest BCUT2D eigenvalue weighted by atomic mass is 9.83. The average molecular weight is 1720 g/mol. The van der Waals surface area contributed by atoms with E-state index in [2.05, 4.69) is 31.6 Å². The third kappa shape index (κ3) is 38.9.